The van der Waals surface area contributed by atoms with Gasteiger partial charge in [-0.2, -0.15) is 0 Å². The Morgan fingerprint density at radius 1 is 1.06 bits per heavy atom. The van der Waals surface area contributed by atoms with Crippen LogP contribution in [0.15, 0.2) is 45.7 Å². The number of phenolic OH excluding ortho intramolecular Hbond substituents is 1. The van der Waals surface area contributed by atoms with Gasteiger partial charge < -0.3 is 20.1 Å². The van der Waals surface area contributed by atoms with Gasteiger partial charge in [-0.3, -0.25) is 9.59 Å². The SMILES string of the molecule is O=C(CCCCCOCCc1ccc(Br)cc1)NCCc1ccc(O)c2[nH]c(=O)sc12. The number of aromatic amines is 1. The van der Waals surface area contributed by atoms with E-state index < -0.39 is 0 Å². The van der Waals surface area contributed by atoms with Gasteiger partial charge in [-0.15, -0.1) is 0 Å². The lowest BCUT2D eigenvalue weighted by Crippen LogP contribution is -2.25. The molecule has 0 saturated heterocycles. The molecule has 0 bridgehead atoms. The van der Waals surface area contributed by atoms with Gasteiger partial charge in [0.2, 0.25) is 5.91 Å². The molecule has 2 aromatic carbocycles. The molecule has 1 amide bonds. The number of ether oxygens (including phenoxy) is 1. The number of aromatic nitrogens is 1. The van der Waals surface area contributed by atoms with Crippen molar-refractivity contribution in [1.29, 1.82) is 0 Å². The molecule has 8 heteroatoms. The van der Waals surface area contributed by atoms with Crippen LogP contribution < -0.4 is 10.2 Å². The van der Waals surface area contributed by atoms with Crippen LogP contribution in [0.4, 0.5) is 0 Å². The number of hydrogen-bond acceptors (Lipinski definition) is 5. The first-order chi connectivity index (χ1) is 15.0. The van der Waals surface area contributed by atoms with Gasteiger partial charge in [0.25, 0.3) is 0 Å². The Balaban J connectivity index is 1.24. The molecule has 6 nitrogen and oxygen atoms in total. The molecule has 0 atom stereocenters. The van der Waals surface area contributed by atoms with E-state index in [1.807, 2.05) is 12.1 Å². The Hall–Kier alpha value is -2.16. The Bertz CT molecular complexity index is 1050. The third kappa shape index (κ3) is 7.48. The lowest BCUT2D eigenvalue weighted by atomic mass is 10.1. The van der Waals surface area contributed by atoms with Gasteiger partial charge in [-0.25, -0.2) is 0 Å². The molecule has 1 heterocycles. The van der Waals surface area contributed by atoms with E-state index in [0.29, 0.717) is 38.1 Å². The lowest BCUT2D eigenvalue weighted by Gasteiger charge is -2.07. The van der Waals surface area contributed by atoms with Gasteiger partial charge in [-0.1, -0.05) is 51.9 Å². The number of H-pyrrole nitrogens is 1. The number of carbonyl (C=O) groups is 1. The standard InChI is InChI=1S/C23H27BrN2O4S/c24-18-8-5-16(6-9-18)12-15-30-14-3-1-2-4-20(28)25-13-11-17-7-10-19(27)21-22(17)31-23(29)26-21/h5-10,27H,1-4,11-15H2,(H,25,28)(H,26,29). The molecule has 0 radical (unpaired) electrons. The molecule has 0 fully saturated rings. The summed E-state index contributed by atoms with van der Waals surface area (Å²) in [4.78, 5) is 26.0. The van der Waals surface area contributed by atoms with Crippen LogP contribution in [0.5, 0.6) is 5.75 Å². The van der Waals surface area contributed by atoms with Gasteiger partial charge in [0.1, 0.15) is 11.3 Å². The second kappa shape index (κ2) is 12.0. The van der Waals surface area contributed by atoms with E-state index in [1.54, 1.807) is 12.1 Å². The van der Waals surface area contributed by atoms with Crippen molar-refractivity contribution in [2.75, 3.05) is 19.8 Å². The zero-order valence-corrected chi connectivity index (χ0v) is 19.7. The smallest absolute Gasteiger partial charge is 0.305 e. The molecule has 3 N–H and O–H groups in total. The van der Waals surface area contributed by atoms with Crippen LogP contribution in [-0.2, 0) is 22.4 Å². The van der Waals surface area contributed by atoms with Crippen LogP contribution >= 0.6 is 27.3 Å². The van der Waals surface area contributed by atoms with E-state index in [-0.39, 0.29) is 16.5 Å². The number of rotatable bonds is 12. The molecule has 166 valence electrons. The fraction of sp³-hybridized carbons (Fsp3) is 0.391. The summed E-state index contributed by atoms with van der Waals surface area (Å²) in [6.45, 7) is 1.93. The van der Waals surface area contributed by atoms with Gasteiger partial charge in [0, 0.05) is 24.0 Å². The van der Waals surface area contributed by atoms with Crippen molar-refractivity contribution >= 4 is 43.4 Å². The molecule has 0 unspecified atom stereocenters. The summed E-state index contributed by atoms with van der Waals surface area (Å²) in [5.74, 6) is 0.104. The van der Waals surface area contributed by atoms with Crippen molar-refractivity contribution < 1.29 is 14.6 Å². The number of phenols is 1. The van der Waals surface area contributed by atoms with E-state index in [0.717, 1.165) is 51.8 Å². The second-order valence-electron chi connectivity index (χ2n) is 7.36. The van der Waals surface area contributed by atoms with Gasteiger partial charge in [0.05, 0.1) is 11.3 Å². The average molecular weight is 507 g/mol. The molecule has 3 rings (SSSR count). The van der Waals surface area contributed by atoms with Gasteiger partial charge in [-0.05, 0) is 55.0 Å². The normalized spacial score (nSPS) is 11.1. The topological polar surface area (TPSA) is 91.4 Å². The van der Waals surface area contributed by atoms with Crippen LogP contribution in [0.25, 0.3) is 10.2 Å². The second-order valence-corrected chi connectivity index (χ2v) is 9.26. The predicted octanol–water partition coefficient (Wildman–Crippen LogP) is 4.54. The first kappa shape index (κ1) is 23.5. The quantitative estimate of drug-likeness (QED) is 0.314. The van der Waals surface area contributed by atoms with E-state index >= 15 is 0 Å². The Labute approximate surface area is 193 Å². The van der Waals surface area contributed by atoms with Crippen molar-refractivity contribution in [1.82, 2.24) is 10.3 Å². The molecule has 1 aromatic heterocycles. The van der Waals surface area contributed by atoms with Crippen LogP contribution in [0.3, 0.4) is 0 Å². The van der Waals surface area contributed by atoms with E-state index in [1.165, 1.54) is 5.56 Å². The van der Waals surface area contributed by atoms with E-state index in [9.17, 15) is 14.7 Å². The molecule has 0 aliphatic rings. The summed E-state index contributed by atoms with van der Waals surface area (Å²) in [6, 6.07) is 11.6. The fourth-order valence-electron chi connectivity index (χ4n) is 3.30. The number of unbranched alkanes of at least 4 members (excludes halogenated alkanes) is 2. The monoisotopic (exact) mass is 506 g/mol. The zero-order chi connectivity index (χ0) is 22.1. The van der Waals surface area contributed by atoms with Crippen LogP contribution in [-0.4, -0.2) is 35.8 Å². The molecule has 0 saturated carbocycles. The Kier molecular flexibility index (Phi) is 9.12. The lowest BCUT2D eigenvalue weighted by molar-refractivity contribution is -0.121. The number of halogens is 1. The molecule has 31 heavy (non-hydrogen) atoms. The summed E-state index contributed by atoms with van der Waals surface area (Å²) in [7, 11) is 0. The first-order valence-corrected chi connectivity index (χ1v) is 12.1. The predicted molar refractivity (Wildman–Crippen MR) is 128 cm³/mol. The van der Waals surface area contributed by atoms with E-state index in [2.05, 4.69) is 38.4 Å². The number of thiazole rings is 1. The highest BCUT2D eigenvalue weighted by molar-refractivity contribution is 9.10. The van der Waals surface area contributed by atoms with Crippen molar-refractivity contribution in [3.8, 4) is 5.75 Å². The molecular weight excluding hydrogens is 480 g/mol. The number of fused-ring (bicyclic) bond motifs is 1. The van der Waals surface area contributed by atoms with Crippen molar-refractivity contribution in [2.24, 2.45) is 0 Å². The molecular formula is C23H27BrN2O4S. The summed E-state index contributed by atoms with van der Waals surface area (Å²) < 4.78 is 7.51. The highest BCUT2D eigenvalue weighted by Crippen LogP contribution is 2.27. The molecule has 0 aliphatic heterocycles. The summed E-state index contributed by atoms with van der Waals surface area (Å²) >= 11 is 4.51. The van der Waals surface area contributed by atoms with Crippen LogP contribution in [0.2, 0.25) is 0 Å². The number of benzene rings is 2. The third-order valence-corrected chi connectivity index (χ3v) is 6.48. The maximum atomic E-state index is 12.0. The fourth-order valence-corrected chi connectivity index (χ4v) is 4.47. The van der Waals surface area contributed by atoms with Gasteiger partial charge >= 0.3 is 4.87 Å². The third-order valence-electron chi connectivity index (χ3n) is 5.00. The maximum absolute atomic E-state index is 12.0. The summed E-state index contributed by atoms with van der Waals surface area (Å²) in [6.07, 6.45) is 4.77. The molecule has 0 aliphatic carbocycles. The number of aromatic hydroxyl groups is 1. The maximum Gasteiger partial charge on any atom is 0.305 e. The van der Waals surface area contributed by atoms with Crippen molar-refractivity contribution in [3.63, 3.8) is 0 Å². The highest BCUT2D eigenvalue weighted by atomic mass is 79.9. The average Bonchev–Trinajstić information content (AvgIpc) is 3.15. The summed E-state index contributed by atoms with van der Waals surface area (Å²) in [5.41, 5.74) is 2.67. The highest BCUT2D eigenvalue weighted by Gasteiger charge is 2.10. The number of nitrogens with one attached hydrogen (secondary N) is 2. The molecule has 0 spiro atoms. The minimum Gasteiger partial charge on any atom is -0.506 e. The van der Waals surface area contributed by atoms with E-state index in [4.69, 9.17) is 4.74 Å². The Morgan fingerprint density at radius 3 is 2.68 bits per heavy atom. The minimum absolute atomic E-state index is 0.0356. The Morgan fingerprint density at radius 2 is 1.87 bits per heavy atom. The minimum atomic E-state index is -0.195. The summed E-state index contributed by atoms with van der Waals surface area (Å²) in [5, 5.41) is 12.8. The molecule has 3 aromatic rings. The largest absolute Gasteiger partial charge is 0.506 e. The van der Waals surface area contributed by atoms with Crippen LogP contribution in [0, 0.1) is 0 Å². The van der Waals surface area contributed by atoms with Crippen LogP contribution in [0.1, 0.15) is 36.8 Å². The van der Waals surface area contributed by atoms with Gasteiger partial charge in [0.15, 0.2) is 0 Å². The first-order valence-electron chi connectivity index (χ1n) is 10.5. The number of amides is 1. The number of carbonyl (C=O) groups excluding carboxylic acids is 1. The zero-order valence-electron chi connectivity index (χ0n) is 17.3. The van der Waals surface area contributed by atoms with Crippen molar-refractivity contribution in [3.05, 3.63) is 61.7 Å². The number of hydrogen-bond donors (Lipinski definition) is 3. The van der Waals surface area contributed by atoms with Crippen molar-refractivity contribution in [2.45, 2.75) is 38.5 Å².